The number of likely N-dealkylation sites (N-methyl/N-ethyl adjacent to an activating group) is 1. The highest BCUT2D eigenvalue weighted by Gasteiger charge is 2.30. The first-order chi connectivity index (χ1) is 8.80. The molecule has 1 aliphatic heterocycles. The molecule has 0 saturated carbocycles. The lowest BCUT2D eigenvalue weighted by Crippen LogP contribution is -2.38. The minimum Gasteiger partial charge on any atom is -0.354 e. The molecule has 1 aliphatic rings. The Kier molecular flexibility index (Phi) is 3.34. The molecule has 1 unspecified atom stereocenters. The zero-order valence-corrected chi connectivity index (χ0v) is 11.8. The van der Waals surface area contributed by atoms with Gasteiger partial charge in [-0.05, 0) is 27.2 Å². The predicted molar refractivity (Wildman–Crippen MR) is 73.2 cm³/mol. The number of amides is 1. The van der Waals surface area contributed by atoms with Gasteiger partial charge >= 0.3 is 0 Å². The number of hydrogen-bond acceptors (Lipinski definition) is 4. The third-order valence-corrected chi connectivity index (χ3v) is 3.30. The van der Waals surface area contributed by atoms with Gasteiger partial charge in [-0.15, -0.1) is 0 Å². The maximum atomic E-state index is 12.3. The lowest BCUT2D eigenvalue weighted by atomic mass is 10.1. The van der Waals surface area contributed by atoms with E-state index in [0.29, 0.717) is 13.0 Å². The topological polar surface area (TPSA) is 67.2 Å². The van der Waals surface area contributed by atoms with Crippen molar-refractivity contribution >= 4 is 11.7 Å². The second-order valence-corrected chi connectivity index (χ2v) is 5.87. The highest BCUT2D eigenvalue weighted by Crippen LogP contribution is 2.14. The first-order valence-electron chi connectivity index (χ1n) is 6.40. The number of carbonyl (C=O) groups excluding carboxylic acids is 1. The monoisotopic (exact) mass is 264 g/mol. The molecule has 0 bridgehead atoms. The molecule has 1 fully saturated rings. The van der Waals surface area contributed by atoms with Crippen molar-refractivity contribution in [2.45, 2.75) is 38.8 Å². The number of carbonyl (C=O) groups is 1. The van der Waals surface area contributed by atoms with Gasteiger partial charge < -0.3 is 14.8 Å². The van der Waals surface area contributed by atoms with E-state index in [1.165, 1.54) is 0 Å². The molecule has 6 nitrogen and oxygen atoms in total. The van der Waals surface area contributed by atoms with E-state index < -0.39 is 0 Å². The zero-order chi connectivity index (χ0) is 14.2. The van der Waals surface area contributed by atoms with Gasteiger partial charge in [0.05, 0.1) is 0 Å². The molecule has 0 aromatic carbocycles. The van der Waals surface area contributed by atoms with Gasteiger partial charge in [-0.3, -0.25) is 9.59 Å². The second kappa shape index (κ2) is 4.68. The van der Waals surface area contributed by atoms with Crippen LogP contribution >= 0.6 is 0 Å². The van der Waals surface area contributed by atoms with Crippen LogP contribution in [-0.2, 0) is 10.3 Å². The lowest BCUT2D eigenvalue weighted by Gasteiger charge is -2.23. The Labute approximate surface area is 112 Å². The van der Waals surface area contributed by atoms with Gasteiger partial charge in [0.15, 0.2) is 5.82 Å². The van der Waals surface area contributed by atoms with Crippen molar-refractivity contribution in [2.24, 2.45) is 0 Å². The number of nitrogens with zero attached hydrogens (tertiary/aromatic N) is 3. The minimum absolute atomic E-state index is 0.00682. The molecule has 2 rings (SSSR count). The number of likely N-dealkylation sites (tertiary alicyclic amines) is 1. The molecule has 2 heterocycles. The van der Waals surface area contributed by atoms with Crippen LogP contribution in [0, 0.1) is 0 Å². The van der Waals surface area contributed by atoms with Gasteiger partial charge in [-0.1, -0.05) is 0 Å². The van der Waals surface area contributed by atoms with E-state index in [0.717, 1.165) is 0 Å². The maximum absolute atomic E-state index is 12.3. The summed E-state index contributed by atoms with van der Waals surface area (Å²) in [4.78, 5) is 29.9. The highest BCUT2D eigenvalue weighted by atomic mass is 16.2. The molecule has 0 radical (unpaired) electrons. The smallest absolute Gasteiger partial charge is 0.293 e. The van der Waals surface area contributed by atoms with Crippen molar-refractivity contribution in [1.29, 1.82) is 0 Å². The summed E-state index contributed by atoms with van der Waals surface area (Å²) in [6, 6.07) is -0.346. The Morgan fingerprint density at radius 3 is 2.58 bits per heavy atom. The van der Waals surface area contributed by atoms with E-state index >= 15 is 0 Å². The van der Waals surface area contributed by atoms with Crippen LogP contribution < -0.4 is 10.9 Å². The molecule has 6 heteroatoms. The third-order valence-electron chi connectivity index (χ3n) is 3.30. The standard InChI is InChI=1S/C13H20N4O2/c1-13(2,3)17-8-6-14-10(12(17)19)15-9-5-7-16(4)11(9)18/h6,8-9H,5,7H2,1-4H3,(H,14,15). The van der Waals surface area contributed by atoms with Gasteiger partial charge in [0.2, 0.25) is 5.91 Å². The van der Waals surface area contributed by atoms with Crippen molar-refractivity contribution in [3.63, 3.8) is 0 Å². The average molecular weight is 264 g/mol. The van der Waals surface area contributed by atoms with Crippen LogP contribution in [-0.4, -0.2) is 40.0 Å². The average Bonchev–Trinajstić information content (AvgIpc) is 2.62. The number of anilines is 1. The zero-order valence-electron chi connectivity index (χ0n) is 11.8. The first-order valence-corrected chi connectivity index (χ1v) is 6.40. The van der Waals surface area contributed by atoms with Gasteiger partial charge in [0.1, 0.15) is 6.04 Å². The summed E-state index contributed by atoms with van der Waals surface area (Å²) in [5.74, 6) is 0.249. The lowest BCUT2D eigenvalue weighted by molar-refractivity contribution is -0.127. The van der Waals surface area contributed by atoms with Crippen molar-refractivity contribution < 1.29 is 4.79 Å². The van der Waals surface area contributed by atoms with E-state index in [1.807, 2.05) is 20.8 Å². The molecule has 1 amide bonds. The molecule has 19 heavy (non-hydrogen) atoms. The SMILES string of the molecule is CN1CCC(Nc2nccn(C(C)(C)C)c2=O)C1=O. The fourth-order valence-electron chi connectivity index (χ4n) is 2.16. The van der Waals surface area contributed by atoms with Gasteiger partial charge in [0, 0.05) is 31.5 Å². The summed E-state index contributed by atoms with van der Waals surface area (Å²) in [6.07, 6.45) is 3.94. The quantitative estimate of drug-likeness (QED) is 0.851. The summed E-state index contributed by atoms with van der Waals surface area (Å²) in [7, 11) is 1.76. The normalized spacial score (nSPS) is 19.9. The summed E-state index contributed by atoms with van der Waals surface area (Å²) in [5.41, 5.74) is -0.509. The van der Waals surface area contributed by atoms with Gasteiger partial charge in [-0.2, -0.15) is 0 Å². The largest absolute Gasteiger partial charge is 0.354 e. The fourth-order valence-corrected chi connectivity index (χ4v) is 2.16. The van der Waals surface area contributed by atoms with Crippen LogP contribution in [0.15, 0.2) is 17.2 Å². The Hall–Kier alpha value is -1.85. The Morgan fingerprint density at radius 2 is 2.05 bits per heavy atom. The summed E-state index contributed by atoms with van der Waals surface area (Å²) in [5, 5.41) is 2.97. The summed E-state index contributed by atoms with van der Waals surface area (Å²) in [6.45, 7) is 6.56. The molecule has 1 atom stereocenters. The van der Waals surface area contributed by atoms with E-state index in [4.69, 9.17) is 0 Å². The maximum Gasteiger partial charge on any atom is 0.293 e. The number of nitrogens with one attached hydrogen (secondary N) is 1. The molecule has 1 aromatic heterocycles. The van der Waals surface area contributed by atoms with Crippen LogP contribution in [0.3, 0.4) is 0 Å². The van der Waals surface area contributed by atoms with E-state index in [1.54, 1.807) is 28.9 Å². The van der Waals surface area contributed by atoms with Crippen LogP contribution in [0.5, 0.6) is 0 Å². The van der Waals surface area contributed by atoms with Crippen molar-refractivity contribution in [2.75, 3.05) is 18.9 Å². The molecule has 0 spiro atoms. The molecule has 0 aliphatic carbocycles. The molecular weight excluding hydrogens is 244 g/mol. The predicted octanol–water partition coefficient (Wildman–Crippen LogP) is 0.641. The molecule has 104 valence electrons. The Bertz CT molecular complexity index is 544. The number of rotatable bonds is 2. The third kappa shape index (κ3) is 2.62. The molecular formula is C13H20N4O2. The number of aromatic nitrogens is 2. The Morgan fingerprint density at radius 1 is 1.37 bits per heavy atom. The summed E-state index contributed by atoms with van der Waals surface area (Å²) >= 11 is 0. The van der Waals surface area contributed by atoms with E-state index in [9.17, 15) is 9.59 Å². The van der Waals surface area contributed by atoms with Crippen LogP contribution in [0.1, 0.15) is 27.2 Å². The van der Waals surface area contributed by atoms with Gasteiger partial charge in [0.25, 0.3) is 5.56 Å². The van der Waals surface area contributed by atoms with Crippen molar-refractivity contribution in [3.8, 4) is 0 Å². The molecule has 1 saturated heterocycles. The van der Waals surface area contributed by atoms with Gasteiger partial charge in [-0.25, -0.2) is 4.98 Å². The first kappa shape index (κ1) is 13.6. The second-order valence-electron chi connectivity index (χ2n) is 5.87. The van der Waals surface area contributed by atoms with E-state index in [2.05, 4.69) is 10.3 Å². The molecule has 1 aromatic rings. The highest BCUT2D eigenvalue weighted by molar-refractivity contribution is 5.86. The van der Waals surface area contributed by atoms with Crippen LogP contribution in [0.2, 0.25) is 0 Å². The number of hydrogen-bond donors (Lipinski definition) is 1. The van der Waals surface area contributed by atoms with Crippen LogP contribution in [0.25, 0.3) is 0 Å². The Balaban J connectivity index is 2.28. The van der Waals surface area contributed by atoms with Crippen LogP contribution in [0.4, 0.5) is 5.82 Å². The van der Waals surface area contributed by atoms with E-state index in [-0.39, 0.29) is 28.9 Å². The minimum atomic E-state index is -0.346. The summed E-state index contributed by atoms with van der Waals surface area (Å²) < 4.78 is 1.62. The van der Waals surface area contributed by atoms with Crippen molar-refractivity contribution in [3.05, 3.63) is 22.7 Å². The fraction of sp³-hybridized carbons (Fsp3) is 0.615. The molecule has 1 N–H and O–H groups in total. The van der Waals surface area contributed by atoms with Crippen molar-refractivity contribution in [1.82, 2.24) is 14.5 Å².